The molecule has 2 atom stereocenters. The summed E-state index contributed by atoms with van der Waals surface area (Å²) in [4.78, 5) is 36.4. The molecule has 0 saturated heterocycles. The lowest BCUT2D eigenvalue weighted by molar-refractivity contribution is 0.0953. The fraction of sp³-hybridized carbons (Fsp3) is 0.404. The number of aliphatic imine (C=N–C) groups is 1. The van der Waals surface area contributed by atoms with Gasteiger partial charge in [-0.25, -0.2) is 9.59 Å². The van der Waals surface area contributed by atoms with Crippen molar-refractivity contribution in [2.45, 2.75) is 84.8 Å². The van der Waals surface area contributed by atoms with Crippen molar-refractivity contribution < 1.29 is 30.0 Å². The summed E-state index contributed by atoms with van der Waals surface area (Å²) < 4.78 is 0. The van der Waals surface area contributed by atoms with E-state index in [4.69, 9.17) is 33.4 Å². The minimum Gasteiger partial charge on any atom is -0.393 e. The molecule has 0 spiro atoms. The number of rotatable bonds is 8. The van der Waals surface area contributed by atoms with Gasteiger partial charge in [0.05, 0.1) is 40.3 Å². The quantitative estimate of drug-likeness (QED) is 0.0569. The summed E-state index contributed by atoms with van der Waals surface area (Å²) in [5.74, 6) is 0. The van der Waals surface area contributed by atoms with Crippen LogP contribution in [0.3, 0.4) is 0 Å². The third-order valence-electron chi connectivity index (χ3n) is 9.92. The number of urea groups is 1. The lowest BCUT2D eigenvalue weighted by atomic mass is 9.87. The van der Waals surface area contributed by atoms with Gasteiger partial charge in [0.2, 0.25) is 6.08 Å². The van der Waals surface area contributed by atoms with Crippen LogP contribution >= 0.6 is 47.2 Å². The van der Waals surface area contributed by atoms with Crippen molar-refractivity contribution in [1.29, 1.82) is 0 Å². The van der Waals surface area contributed by atoms with Crippen LogP contribution in [-0.2, 0) is 15.6 Å². The molecule has 2 aromatic heterocycles. The maximum Gasteiger partial charge on any atom is 0.322 e. The molecule has 0 radical (unpaired) electrons. The first-order chi connectivity index (χ1) is 28.4. The topological polar surface area (TPSA) is 180 Å². The van der Waals surface area contributed by atoms with Crippen molar-refractivity contribution in [3.63, 3.8) is 0 Å². The van der Waals surface area contributed by atoms with Gasteiger partial charge in [-0.1, -0.05) is 109 Å². The van der Waals surface area contributed by atoms with E-state index < -0.39 is 12.2 Å². The molecule has 62 heavy (non-hydrogen) atoms. The lowest BCUT2D eigenvalue weighted by Crippen LogP contribution is -2.38. The number of hydrogen-bond acceptors (Lipinski definition) is 10. The molecule has 2 amide bonds. The van der Waals surface area contributed by atoms with Crippen LogP contribution in [0.2, 0.25) is 10.0 Å². The zero-order valence-corrected chi connectivity index (χ0v) is 39.3. The van der Waals surface area contributed by atoms with Crippen LogP contribution < -0.4 is 10.6 Å². The van der Waals surface area contributed by atoms with Crippen molar-refractivity contribution in [2.24, 2.45) is 4.99 Å². The molecule has 4 heterocycles. The summed E-state index contributed by atoms with van der Waals surface area (Å²) in [5.41, 5.74) is 8.59. The molecule has 6 N–H and O–H groups in total. The van der Waals surface area contributed by atoms with Gasteiger partial charge >= 0.3 is 6.03 Å². The molecule has 2 aromatic carbocycles. The highest BCUT2D eigenvalue weighted by Gasteiger charge is 2.22. The Morgan fingerprint density at radius 2 is 1.31 bits per heavy atom. The molecule has 0 saturated carbocycles. The number of benzene rings is 2. The minimum absolute atomic E-state index is 0. The number of carbonyl (C=O) groups excluding carboxylic acids is 2. The standard InChI is InChI=1S/C23H28ClN3O3.C12H15ClN2O2.C11H13NO.CH4.HI/c1-23(2,3)17-4-6-18(7-5-17)26-22(30)27-10-8-15(9-11-27)21-19(24)12-16(13-25-21)20(29)14-28;13-10-5-9(11(17)7-16)6-15-12(10)8-1-3-14-4-2-8;1-11(2,3)9-4-6-10(7-5-9)12-8-13;;/h4-8,12-13,20,28-29H,9-11,14H2,1-3H3,(H,26,30);1,5-6,11,14,16-17H,2-4,7H2;4-7H,1-3H3;1H4;1H/t20-;11-;;;/m11.../s1. The average Bonchev–Trinajstić information content (AvgIpc) is 3.23. The molecule has 0 unspecified atom stereocenters. The third kappa shape index (κ3) is 16.0. The number of amides is 2. The first-order valence-corrected chi connectivity index (χ1v) is 20.5. The van der Waals surface area contributed by atoms with E-state index in [1.807, 2.05) is 54.6 Å². The fourth-order valence-corrected chi connectivity index (χ4v) is 6.80. The molecule has 2 aliphatic rings. The van der Waals surface area contributed by atoms with Crippen LogP contribution in [0, 0.1) is 0 Å². The first-order valence-electron chi connectivity index (χ1n) is 19.8. The highest BCUT2D eigenvalue weighted by molar-refractivity contribution is 14.0. The predicted octanol–water partition coefficient (Wildman–Crippen LogP) is 9.72. The van der Waals surface area contributed by atoms with Gasteiger partial charge in [0.15, 0.2) is 0 Å². The largest absolute Gasteiger partial charge is 0.393 e. The highest BCUT2D eigenvalue weighted by Crippen LogP contribution is 2.31. The molecular formula is C47H61Cl2IN6O6. The second-order valence-corrected chi connectivity index (χ2v) is 17.3. The molecule has 336 valence electrons. The number of aliphatic hydroxyl groups is 4. The number of aliphatic hydroxyl groups excluding tert-OH is 4. The summed E-state index contributed by atoms with van der Waals surface area (Å²) in [6.45, 7) is 14.9. The number of nitrogens with zero attached hydrogens (tertiary/aromatic N) is 4. The second-order valence-electron chi connectivity index (χ2n) is 16.5. The Labute approximate surface area is 393 Å². The van der Waals surface area contributed by atoms with Crippen molar-refractivity contribution in [1.82, 2.24) is 20.2 Å². The van der Waals surface area contributed by atoms with Crippen LogP contribution in [0.1, 0.15) is 108 Å². The van der Waals surface area contributed by atoms with E-state index in [1.165, 1.54) is 23.4 Å². The molecule has 2 aliphatic heterocycles. The third-order valence-corrected chi connectivity index (χ3v) is 10.5. The van der Waals surface area contributed by atoms with Gasteiger partial charge in [-0.05, 0) is 88.9 Å². The van der Waals surface area contributed by atoms with Gasteiger partial charge in [-0.3, -0.25) is 9.97 Å². The lowest BCUT2D eigenvalue weighted by Gasteiger charge is -2.27. The maximum absolute atomic E-state index is 12.6. The number of hydrogen-bond donors (Lipinski definition) is 6. The SMILES string of the molecule is C.CC(C)(C)c1ccc(N=C=O)cc1.CC(C)(C)c1ccc(NC(=O)N2CC=C(c3ncc([C@H](O)CO)cc3Cl)CC2)cc1.I.OC[C@@H](O)c1cnc(C2=CCNCC2)c(Cl)c1. The van der Waals surface area contributed by atoms with Gasteiger partial charge in [-0.2, -0.15) is 4.99 Å². The van der Waals surface area contributed by atoms with Gasteiger partial charge in [-0.15, -0.1) is 24.0 Å². The molecule has 0 aliphatic carbocycles. The van der Waals surface area contributed by atoms with Crippen LogP contribution in [-0.4, -0.2) is 86.8 Å². The van der Waals surface area contributed by atoms with E-state index in [9.17, 15) is 19.8 Å². The average molecular weight is 1000 g/mol. The number of aromatic nitrogens is 2. The van der Waals surface area contributed by atoms with E-state index in [2.05, 4.69) is 73.2 Å². The zero-order valence-electron chi connectivity index (χ0n) is 35.5. The highest BCUT2D eigenvalue weighted by atomic mass is 127. The van der Waals surface area contributed by atoms with E-state index in [0.717, 1.165) is 42.0 Å². The number of halogens is 3. The second kappa shape index (κ2) is 25.3. The number of anilines is 1. The van der Waals surface area contributed by atoms with Crippen LogP contribution in [0.25, 0.3) is 11.1 Å². The maximum atomic E-state index is 12.6. The van der Waals surface area contributed by atoms with Crippen LogP contribution in [0.15, 0.2) is 90.2 Å². The van der Waals surface area contributed by atoms with Crippen molar-refractivity contribution >= 4 is 81.8 Å². The molecule has 12 nitrogen and oxygen atoms in total. The summed E-state index contributed by atoms with van der Waals surface area (Å²) in [7, 11) is 0. The Morgan fingerprint density at radius 1 is 0.823 bits per heavy atom. The number of isocyanates is 1. The summed E-state index contributed by atoms with van der Waals surface area (Å²) in [5, 5.41) is 44.2. The van der Waals surface area contributed by atoms with Crippen molar-refractivity contribution in [3.8, 4) is 0 Å². The molecule has 0 bridgehead atoms. The molecule has 0 fully saturated rings. The number of carbonyl (C=O) groups is 1. The Hall–Kier alpha value is -4.02. The predicted molar refractivity (Wildman–Crippen MR) is 261 cm³/mol. The van der Waals surface area contributed by atoms with Gasteiger partial charge in [0.25, 0.3) is 0 Å². The van der Waals surface area contributed by atoms with Gasteiger partial charge < -0.3 is 36.0 Å². The summed E-state index contributed by atoms with van der Waals surface area (Å²) >= 11 is 12.5. The Kier molecular flexibility index (Phi) is 22.1. The molecular weight excluding hydrogens is 942 g/mol. The Morgan fingerprint density at radius 3 is 1.69 bits per heavy atom. The normalized spacial score (nSPS) is 14.6. The first kappa shape index (κ1) is 54.1. The number of pyridine rings is 2. The van der Waals surface area contributed by atoms with Gasteiger partial charge in [0.1, 0.15) is 12.2 Å². The number of nitrogens with one attached hydrogen (secondary N) is 2. The monoisotopic (exact) mass is 1000 g/mol. The summed E-state index contributed by atoms with van der Waals surface area (Å²) in [6.07, 6.45) is 8.22. The van der Waals surface area contributed by atoms with Gasteiger partial charge in [0, 0.05) is 48.8 Å². The minimum atomic E-state index is -0.999. The van der Waals surface area contributed by atoms with E-state index in [-0.39, 0.29) is 61.5 Å². The van der Waals surface area contributed by atoms with E-state index in [1.54, 1.807) is 23.2 Å². The van der Waals surface area contributed by atoms with E-state index in [0.29, 0.717) is 52.1 Å². The molecule has 15 heteroatoms. The smallest absolute Gasteiger partial charge is 0.322 e. The Balaban J connectivity index is 0.000000350. The molecule has 4 aromatic rings. The van der Waals surface area contributed by atoms with Crippen LogP contribution in [0.4, 0.5) is 16.2 Å². The van der Waals surface area contributed by atoms with Crippen molar-refractivity contribution in [2.75, 3.05) is 44.7 Å². The molecule has 6 rings (SSSR count). The van der Waals surface area contributed by atoms with Crippen LogP contribution in [0.5, 0.6) is 0 Å². The van der Waals surface area contributed by atoms with E-state index >= 15 is 0 Å². The fourth-order valence-electron chi connectivity index (χ4n) is 6.20. The summed E-state index contributed by atoms with van der Waals surface area (Å²) in [6, 6.07) is 18.7. The zero-order chi connectivity index (χ0) is 44.0. The van der Waals surface area contributed by atoms with Crippen molar-refractivity contribution in [3.05, 3.63) is 129 Å². The Bertz CT molecular complexity index is 2170.